The molecule has 1 N–H and O–H groups in total. The number of aryl methyl sites for hydroxylation is 1. The average Bonchev–Trinajstić information content (AvgIpc) is 2.20. The molecule has 0 bridgehead atoms. The second-order valence-corrected chi connectivity index (χ2v) is 4.46. The lowest BCUT2D eigenvalue weighted by Gasteiger charge is -2.07. The number of hydrogen-bond acceptors (Lipinski definition) is 3. The maximum absolute atomic E-state index is 5.78. The van der Waals surface area contributed by atoms with E-state index in [9.17, 15) is 0 Å². The van der Waals surface area contributed by atoms with Crippen molar-refractivity contribution < 1.29 is 0 Å². The van der Waals surface area contributed by atoms with Gasteiger partial charge in [-0.05, 0) is 46.6 Å². The summed E-state index contributed by atoms with van der Waals surface area (Å²) in [4.78, 5) is 8.09. The Hall–Kier alpha value is -1.13. The van der Waals surface area contributed by atoms with Crippen molar-refractivity contribution in [2.45, 2.75) is 6.92 Å². The van der Waals surface area contributed by atoms with Gasteiger partial charge in [0.15, 0.2) is 0 Å². The molecule has 0 amide bonds. The molecule has 1 aromatic carbocycles. The number of halogens is 2. The summed E-state index contributed by atoms with van der Waals surface area (Å²) < 4.78 is 0.974. The molecule has 0 aliphatic rings. The first kappa shape index (κ1) is 11.4. The van der Waals surface area contributed by atoms with Crippen LogP contribution in [-0.4, -0.2) is 9.97 Å². The molecule has 0 fully saturated rings. The van der Waals surface area contributed by atoms with Crippen molar-refractivity contribution in [2.24, 2.45) is 0 Å². The summed E-state index contributed by atoms with van der Waals surface area (Å²) in [5.74, 6) is 0.685. The zero-order valence-electron chi connectivity index (χ0n) is 8.54. The molecule has 16 heavy (non-hydrogen) atoms. The second kappa shape index (κ2) is 4.80. The van der Waals surface area contributed by atoms with E-state index in [1.807, 2.05) is 37.3 Å². The van der Waals surface area contributed by atoms with Crippen molar-refractivity contribution in [2.75, 3.05) is 5.32 Å². The molecule has 0 spiro atoms. The number of para-hydroxylation sites is 1. The number of nitrogens with one attached hydrogen (secondary N) is 1. The van der Waals surface area contributed by atoms with Crippen LogP contribution >= 0.6 is 27.5 Å². The van der Waals surface area contributed by atoms with Crippen molar-refractivity contribution in [3.05, 3.63) is 45.8 Å². The molecule has 1 aromatic heterocycles. The van der Waals surface area contributed by atoms with Gasteiger partial charge in [-0.3, -0.25) is 0 Å². The van der Waals surface area contributed by atoms with Gasteiger partial charge in [-0.2, -0.15) is 0 Å². The minimum Gasteiger partial charge on any atom is -0.339 e. The van der Waals surface area contributed by atoms with Gasteiger partial charge in [0.05, 0.1) is 5.69 Å². The molecule has 2 rings (SSSR count). The Bertz CT molecular complexity index is 496. The maximum Gasteiger partial charge on any atom is 0.224 e. The van der Waals surface area contributed by atoms with E-state index in [0.29, 0.717) is 5.82 Å². The van der Waals surface area contributed by atoms with E-state index in [1.54, 1.807) is 0 Å². The third kappa shape index (κ3) is 2.71. The highest BCUT2D eigenvalue weighted by Crippen LogP contribution is 2.24. The first-order valence-electron chi connectivity index (χ1n) is 4.68. The van der Waals surface area contributed by atoms with E-state index >= 15 is 0 Å². The van der Waals surface area contributed by atoms with Gasteiger partial charge in [0.25, 0.3) is 0 Å². The minimum atomic E-state index is 0.245. The molecule has 0 aliphatic carbocycles. The highest BCUT2D eigenvalue weighted by Gasteiger charge is 2.02. The van der Waals surface area contributed by atoms with E-state index in [2.05, 4.69) is 31.2 Å². The number of anilines is 2. The van der Waals surface area contributed by atoms with Crippen LogP contribution in [0.1, 0.15) is 5.69 Å². The maximum atomic E-state index is 5.78. The lowest BCUT2D eigenvalue weighted by Crippen LogP contribution is -1.97. The minimum absolute atomic E-state index is 0.245. The summed E-state index contributed by atoms with van der Waals surface area (Å²) in [5.41, 5.74) is 1.77. The van der Waals surface area contributed by atoms with Gasteiger partial charge in [-0.25, -0.2) is 9.97 Å². The summed E-state index contributed by atoms with van der Waals surface area (Å²) in [6.07, 6.45) is 0. The van der Waals surface area contributed by atoms with E-state index in [1.165, 1.54) is 0 Å². The van der Waals surface area contributed by atoms with Crippen LogP contribution in [0.2, 0.25) is 5.28 Å². The normalized spacial score (nSPS) is 10.2. The molecule has 5 heteroatoms. The summed E-state index contributed by atoms with van der Waals surface area (Å²) in [6, 6.07) is 9.65. The quantitative estimate of drug-likeness (QED) is 0.853. The molecule has 0 aliphatic heterocycles. The number of hydrogen-bond donors (Lipinski definition) is 1. The first-order valence-corrected chi connectivity index (χ1v) is 5.85. The number of nitrogens with zero attached hydrogens (tertiary/aromatic N) is 2. The van der Waals surface area contributed by atoms with Crippen molar-refractivity contribution in [1.82, 2.24) is 9.97 Å². The highest BCUT2D eigenvalue weighted by molar-refractivity contribution is 9.10. The van der Waals surface area contributed by atoms with Gasteiger partial charge in [-0.1, -0.05) is 12.1 Å². The van der Waals surface area contributed by atoms with E-state index in [4.69, 9.17) is 11.6 Å². The fourth-order valence-electron chi connectivity index (χ4n) is 1.30. The molecule has 0 atom stereocenters. The second-order valence-electron chi connectivity index (χ2n) is 3.27. The first-order chi connectivity index (χ1) is 7.65. The van der Waals surface area contributed by atoms with Crippen LogP contribution in [0.15, 0.2) is 34.8 Å². The van der Waals surface area contributed by atoms with E-state index < -0.39 is 0 Å². The Balaban J connectivity index is 2.30. The van der Waals surface area contributed by atoms with Crippen LogP contribution in [0.3, 0.4) is 0 Å². The van der Waals surface area contributed by atoms with Crippen molar-refractivity contribution in [3.8, 4) is 0 Å². The Morgan fingerprint density at radius 3 is 2.69 bits per heavy atom. The highest BCUT2D eigenvalue weighted by atomic mass is 79.9. The van der Waals surface area contributed by atoms with Gasteiger partial charge in [0, 0.05) is 16.2 Å². The molecule has 0 radical (unpaired) electrons. The molecule has 82 valence electrons. The van der Waals surface area contributed by atoms with Crippen molar-refractivity contribution >= 4 is 39.0 Å². The standard InChI is InChI=1S/C11H9BrClN3/c1-7-6-10(16-11(13)14-7)15-9-5-3-2-4-8(9)12/h2-6H,1H3,(H,14,15,16). The van der Waals surface area contributed by atoms with Crippen LogP contribution < -0.4 is 5.32 Å². The fraction of sp³-hybridized carbons (Fsp3) is 0.0909. The molecule has 0 saturated heterocycles. The van der Waals surface area contributed by atoms with Crippen LogP contribution in [0.5, 0.6) is 0 Å². The fourth-order valence-corrected chi connectivity index (χ4v) is 1.91. The molecule has 0 unspecified atom stereocenters. The third-order valence-electron chi connectivity index (χ3n) is 1.96. The van der Waals surface area contributed by atoms with Gasteiger partial charge >= 0.3 is 0 Å². The number of aromatic nitrogens is 2. The third-order valence-corrected chi connectivity index (χ3v) is 2.82. The van der Waals surface area contributed by atoms with Gasteiger partial charge in [-0.15, -0.1) is 0 Å². The predicted octanol–water partition coefficient (Wildman–Crippen LogP) is 3.94. The van der Waals surface area contributed by atoms with Gasteiger partial charge in [0.2, 0.25) is 5.28 Å². The predicted molar refractivity (Wildman–Crippen MR) is 69.2 cm³/mol. The summed E-state index contributed by atoms with van der Waals surface area (Å²) in [6.45, 7) is 1.87. The van der Waals surface area contributed by atoms with Crippen LogP contribution in [0.25, 0.3) is 0 Å². The number of rotatable bonds is 2. The number of benzene rings is 1. The molecular formula is C11H9BrClN3. The molecule has 1 heterocycles. The van der Waals surface area contributed by atoms with Crippen LogP contribution in [0, 0.1) is 6.92 Å². The monoisotopic (exact) mass is 297 g/mol. The van der Waals surface area contributed by atoms with Crippen molar-refractivity contribution in [3.63, 3.8) is 0 Å². The Kier molecular flexibility index (Phi) is 3.41. The molecule has 0 saturated carbocycles. The topological polar surface area (TPSA) is 37.8 Å². The lowest BCUT2D eigenvalue weighted by atomic mass is 10.3. The molecular weight excluding hydrogens is 289 g/mol. The smallest absolute Gasteiger partial charge is 0.224 e. The Morgan fingerprint density at radius 1 is 1.25 bits per heavy atom. The average molecular weight is 299 g/mol. The van der Waals surface area contributed by atoms with Gasteiger partial charge in [0.1, 0.15) is 5.82 Å². The Labute approximate surface area is 107 Å². The van der Waals surface area contributed by atoms with E-state index in [-0.39, 0.29) is 5.28 Å². The Morgan fingerprint density at radius 2 is 2.00 bits per heavy atom. The molecule has 3 nitrogen and oxygen atoms in total. The van der Waals surface area contributed by atoms with Crippen LogP contribution in [0.4, 0.5) is 11.5 Å². The summed E-state index contributed by atoms with van der Waals surface area (Å²) >= 11 is 9.23. The SMILES string of the molecule is Cc1cc(Nc2ccccc2Br)nc(Cl)n1. The largest absolute Gasteiger partial charge is 0.339 e. The van der Waals surface area contributed by atoms with E-state index in [0.717, 1.165) is 15.9 Å². The van der Waals surface area contributed by atoms with Crippen molar-refractivity contribution in [1.29, 1.82) is 0 Å². The summed E-state index contributed by atoms with van der Waals surface area (Å²) in [5, 5.41) is 3.42. The van der Waals surface area contributed by atoms with Gasteiger partial charge < -0.3 is 5.32 Å². The zero-order valence-corrected chi connectivity index (χ0v) is 10.9. The van der Waals surface area contributed by atoms with Crippen LogP contribution in [-0.2, 0) is 0 Å². The zero-order chi connectivity index (χ0) is 11.5. The summed E-state index contributed by atoms with van der Waals surface area (Å²) in [7, 11) is 0. The lowest BCUT2D eigenvalue weighted by molar-refractivity contribution is 1.10. The molecule has 2 aromatic rings.